The van der Waals surface area contributed by atoms with Crippen LogP contribution in [0.2, 0.25) is 10.0 Å². The zero-order valence-corrected chi connectivity index (χ0v) is 15.3. The first-order valence-corrected chi connectivity index (χ1v) is 9.09. The number of β-amino-alcohol motifs (C(OH)–C–C–N with tert-alkyl or cyclic N) is 1. The Morgan fingerprint density at radius 2 is 1.68 bits per heavy atom. The fraction of sp³-hybridized carbons (Fsp3) is 0.368. The van der Waals surface area contributed by atoms with Gasteiger partial charge < -0.3 is 5.11 Å². The zero-order valence-electron chi connectivity index (χ0n) is 13.8. The molecule has 6 heteroatoms. The van der Waals surface area contributed by atoms with Gasteiger partial charge in [0.2, 0.25) is 0 Å². The molecule has 0 saturated carbocycles. The van der Waals surface area contributed by atoms with Crippen LogP contribution in [-0.4, -0.2) is 47.6 Å². The summed E-state index contributed by atoms with van der Waals surface area (Å²) in [4.78, 5) is 4.40. The van der Waals surface area contributed by atoms with Gasteiger partial charge in [0.25, 0.3) is 0 Å². The zero-order chi connectivity index (χ0) is 17.8. The first-order valence-electron chi connectivity index (χ1n) is 8.34. The van der Waals surface area contributed by atoms with Crippen LogP contribution in [0.3, 0.4) is 0 Å². The molecule has 134 valence electrons. The number of halogens is 3. The fourth-order valence-electron chi connectivity index (χ4n) is 3.10. The summed E-state index contributed by atoms with van der Waals surface area (Å²) in [6.45, 7) is 4.35. The van der Waals surface area contributed by atoms with Gasteiger partial charge in [0.1, 0.15) is 5.82 Å². The molecule has 1 aliphatic heterocycles. The van der Waals surface area contributed by atoms with Crippen molar-refractivity contribution in [3.05, 3.63) is 69.5 Å². The Labute approximate surface area is 157 Å². The highest BCUT2D eigenvalue weighted by Crippen LogP contribution is 2.22. The third-order valence-corrected chi connectivity index (χ3v) is 5.16. The number of hydrogen-bond donors (Lipinski definition) is 1. The average Bonchev–Trinajstić information content (AvgIpc) is 2.60. The molecule has 1 saturated heterocycles. The second-order valence-electron chi connectivity index (χ2n) is 6.35. The Morgan fingerprint density at radius 1 is 1.00 bits per heavy atom. The molecule has 1 N–H and O–H groups in total. The number of rotatable bonds is 5. The molecule has 1 aliphatic rings. The predicted molar refractivity (Wildman–Crippen MR) is 99.5 cm³/mol. The van der Waals surface area contributed by atoms with Gasteiger partial charge >= 0.3 is 0 Å². The highest BCUT2D eigenvalue weighted by Gasteiger charge is 2.21. The molecular weight excluding hydrogens is 362 g/mol. The number of aliphatic hydroxyl groups excluding tert-OH is 1. The van der Waals surface area contributed by atoms with Crippen molar-refractivity contribution >= 4 is 23.2 Å². The van der Waals surface area contributed by atoms with E-state index < -0.39 is 6.10 Å². The van der Waals surface area contributed by atoms with E-state index in [1.165, 1.54) is 6.07 Å². The normalized spacial score (nSPS) is 17.6. The summed E-state index contributed by atoms with van der Waals surface area (Å²) in [6.07, 6.45) is -0.564. The smallest absolute Gasteiger partial charge is 0.129 e. The largest absolute Gasteiger partial charge is 0.387 e. The van der Waals surface area contributed by atoms with Crippen molar-refractivity contribution in [2.75, 3.05) is 32.7 Å². The Kier molecular flexibility index (Phi) is 6.31. The first kappa shape index (κ1) is 18.6. The predicted octanol–water partition coefficient (Wildman–Crippen LogP) is 3.98. The lowest BCUT2D eigenvalue weighted by atomic mass is 10.1. The maximum Gasteiger partial charge on any atom is 0.129 e. The van der Waals surface area contributed by atoms with Crippen molar-refractivity contribution in [3.63, 3.8) is 0 Å². The molecule has 2 aromatic rings. The summed E-state index contributed by atoms with van der Waals surface area (Å²) in [6, 6.07) is 12.1. The van der Waals surface area contributed by atoms with E-state index in [1.54, 1.807) is 24.3 Å². The van der Waals surface area contributed by atoms with Crippen LogP contribution in [0.4, 0.5) is 4.39 Å². The lowest BCUT2D eigenvalue weighted by Crippen LogP contribution is -2.47. The molecule has 1 atom stereocenters. The van der Waals surface area contributed by atoms with Gasteiger partial charge in [0.15, 0.2) is 0 Å². The van der Waals surface area contributed by atoms with E-state index in [4.69, 9.17) is 23.2 Å². The molecule has 0 radical (unpaired) electrons. The van der Waals surface area contributed by atoms with Crippen LogP contribution in [0.5, 0.6) is 0 Å². The molecule has 1 heterocycles. The van der Waals surface area contributed by atoms with Crippen LogP contribution in [0, 0.1) is 5.82 Å². The van der Waals surface area contributed by atoms with Crippen molar-refractivity contribution in [3.8, 4) is 0 Å². The van der Waals surface area contributed by atoms with Gasteiger partial charge in [-0.05, 0) is 29.8 Å². The van der Waals surface area contributed by atoms with Gasteiger partial charge in [0.05, 0.1) is 6.10 Å². The van der Waals surface area contributed by atoms with Crippen molar-refractivity contribution in [1.29, 1.82) is 0 Å². The Bertz CT molecular complexity index is 700. The minimum Gasteiger partial charge on any atom is -0.387 e. The minimum atomic E-state index is -0.564. The van der Waals surface area contributed by atoms with Crippen molar-refractivity contribution in [2.24, 2.45) is 0 Å². The SMILES string of the molecule is OC(CN1CCN(Cc2c(F)cccc2Cl)CC1)c1cccc(Cl)c1. The second kappa shape index (κ2) is 8.47. The number of piperazine rings is 1. The number of nitrogens with zero attached hydrogens (tertiary/aromatic N) is 2. The lowest BCUT2D eigenvalue weighted by molar-refractivity contribution is 0.0698. The summed E-state index contributed by atoms with van der Waals surface area (Å²) < 4.78 is 13.9. The van der Waals surface area contributed by atoms with Crippen LogP contribution in [-0.2, 0) is 6.54 Å². The summed E-state index contributed by atoms with van der Waals surface area (Å²) in [7, 11) is 0. The lowest BCUT2D eigenvalue weighted by Gasteiger charge is -2.35. The van der Waals surface area contributed by atoms with Crippen molar-refractivity contribution in [1.82, 2.24) is 9.80 Å². The van der Waals surface area contributed by atoms with E-state index in [2.05, 4.69) is 9.80 Å². The van der Waals surface area contributed by atoms with Gasteiger partial charge in [-0.25, -0.2) is 4.39 Å². The second-order valence-corrected chi connectivity index (χ2v) is 7.19. The van der Waals surface area contributed by atoms with Crippen LogP contribution in [0.25, 0.3) is 0 Å². The van der Waals surface area contributed by atoms with Crippen LogP contribution >= 0.6 is 23.2 Å². The van der Waals surface area contributed by atoms with E-state index in [1.807, 2.05) is 12.1 Å². The standard InChI is InChI=1S/C19H21Cl2FN2O/c20-15-4-1-3-14(11-15)19(25)13-24-9-7-23(8-10-24)12-16-17(21)5-2-6-18(16)22/h1-6,11,19,25H,7-10,12-13H2. The van der Waals surface area contributed by atoms with E-state index in [0.717, 1.165) is 31.7 Å². The van der Waals surface area contributed by atoms with Crippen LogP contribution in [0.15, 0.2) is 42.5 Å². The number of aliphatic hydroxyl groups is 1. The molecule has 25 heavy (non-hydrogen) atoms. The number of hydrogen-bond acceptors (Lipinski definition) is 3. The molecule has 0 spiro atoms. The summed E-state index contributed by atoms with van der Waals surface area (Å²) in [5, 5.41) is 11.5. The molecule has 1 fully saturated rings. The molecule has 2 aromatic carbocycles. The quantitative estimate of drug-likeness (QED) is 0.846. The molecule has 0 aromatic heterocycles. The molecule has 3 rings (SSSR count). The first-order chi connectivity index (χ1) is 12.0. The van der Waals surface area contributed by atoms with Crippen LogP contribution in [0.1, 0.15) is 17.2 Å². The van der Waals surface area contributed by atoms with E-state index in [9.17, 15) is 9.50 Å². The average molecular weight is 383 g/mol. The maximum atomic E-state index is 13.9. The van der Waals surface area contributed by atoms with Gasteiger partial charge in [-0.2, -0.15) is 0 Å². The Hall–Kier alpha value is -1.17. The third kappa shape index (κ3) is 4.93. The molecule has 0 bridgehead atoms. The molecular formula is C19H21Cl2FN2O. The summed E-state index contributed by atoms with van der Waals surface area (Å²) >= 11 is 12.1. The van der Waals surface area contributed by atoms with E-state index >= 15 is 0 Å². The molecule has 3 nitrogen and oxygen atoms in total. The molecule has 0 amide bonds. The van der Waals surface area contributed by atoms with Crippen molar-refractivity contribution in [2.45, 2.75) is 12.6 Å². The maximum absolute atomic E-state index is 13.9. The van der Waals surface area contributed by atoms with Gasteiger partial charge in [0, 0.05) is 54.9 Å². The summed E-state index contributed by atoms with van der Waals surface area (Å²) in [5.74, 6) is -0.258. The third-order valence-electron chi connectivity index (χ3n) is 4.57. The fourth-order valence-corrected chi connectivity index (χ4v) is 3.52. The van der Waals surface area contributed by atoms with Gasteiger partial charge in [-0.3, -0.25) is 9.80 Å². The Morgan fingerprint density at radius 3 is 2.36 bits per heavy atom. The van der Waals surface area contributed by atoms with Gasteiger partial charge in [-0.15, -0.1) is 0 Å². The van der Waals surface area contributed by atoms with E-state index in [-0.39, 0.29) is 5.82 Å². The van der Waals surface area contributed by atoms with Crippen molar-refractivity contribution < 1.29 is 9.50 Å². The Balaban J connectivity index is 1.52. The molecule has 1 unspecified atom stereocenters. The van der Waals surface area contributed by atoms with Crippen LogP contribution < -0.4 is 0 Å². The topological polar surface area (TPSA) is 26.7 Å². The highest BCUT2D eigenvalue weighted by atomic mass is 35.5. The van der Waals surface area contributed by atoms with Gasteiger partial charge in [-0.1, -0.05) is 41.4 Å². The monoisotopic (exact) mass is 382 g/mol. The summed E-state index contributed by atoms with van der Waals surface area (Å²) in [5.41, 5.74) is 1.38. The molecule has 0 aliphatic carbocycles. The highest BCUT2D eigenvalue weighted by molar-refractivity contribution is 6.31. The van der Waals surface area contributed by atoms with E-state index in [0.29, 0.717) is 28.7 Å². The minimum absolute atomic E-state index is 0.258. The number of benzene rings is 2.